The zero-order chi connectivity index (χ0) is 16.9. The van der Waals surface area contributed by atoms with Crippen LogP contribution in [0.5, 0.6) is 0 Å². The van der Waals surface area contributed by atoms with Crippen LogP contribution in [0.25, 0.3) is 10.9 Å². The molecule has 1 saturated carbocycles. The van der Waals surface area contributed by atoms with Crippen molar-refractivity contribution in [1.82, 2.24) is 15.3 Å². The molecule has 0 bridgehead atoms. The van der Waals surface area contributed by atoms with Crippen LogP contribution in [0.3, 0.4) is 0 Å². The minimum atomic E-state index is -0.195. The Bertz CT molecular complexity index is 771. The first-order valence-electron chi connectivity index (χ1n) is 8.48. The van der Waals surface area contributed by atoms with Crippen LogP contribution < -0.4 is 10.9 Å². The highest BCUT2D eigenvalue weighted by atomic mass is 16.5. The molecule has 0 unspecified atom stereocenters. The number of fused-ring (bicyclic) bond motifs is 1. The molecule has 2 N–H and O–H groups in total. The van der Waals surface area contributed by atoms with Gasteiger partial charge in [0.1, 0.15) is 19.0 Å². The fraction of sp³-hybridized carbons (Fsp3) is 0.500. The Hall–Kier alpha value is -2.21. The van der Waals surface area contributed by atoms with Gasteiger partial charge in [-0.3, -0.25) is 9.59 Å². The fourth-order valence-corrected chi connectivity index (χ4v) is 3.22. The van der Waals surface area contributed by atoms with Gasteiger partial charge in [0, 0.05) is 6.04 Å². The Labute approximate surface area is 140 Å². The third-order valence-electron chi connectivity index (χ3n) is 4.59. The van der Waals surface area contributed by atoms with E-state index < -0.39 is 0 Å². The molecule has 1 aromatic heterocycles. The van der Waals surface area contributed by atoms with Crippen LogP contribution in [-0.2, 0) is 16.1 Å². The molecule has 24 heavy (non-hydrogen) atoms. The van der Waals surface area contributed by atoms with Crippen LogP contribution in [0.2, 0.25) is 0 Å². The summed E-state index contributed by atoms with van der Waals surface area (Å²) in [5.74, 6) is 0.829. The first kappa shape index (κ1) is 16.6. The van der Waals surface area contributed by atoms with Crippen molar-refractivity contribution in [2.75, 3.05) is 6.61 Å². The number of aromatic nitrogens is 2. The molecule has 1 aliphatic rings. The number of rotatable bonds is 5. The van der Waals surface area contributed by atoms with Crippen molar-refractivity contribution < 1.29 is 9.53 Å². The van der Waals surface area contributed by atoms with Crippen LogP contribution >= 0.6 is 0 Å². The number of hydrogen-bond donors (Lipinski definition) is 2. The number of nitrogens with zero attached hydrogens (tertiary/aromatic N) is 1. The van der Waals surface area contributed by atoms with E-state index in [0.717, 1.165) is 12.8 Å². The summed E-state index contributed by atoms with van der Waals surface area (Å²) in [6.45, 7) is 2.25. The van der Waals surface area contributed by atoms with Gasteiger partial charge in [0.2, 0.25) is 5.91 Å². The number of benzene rings is 1. The predicted molar refractivity (Wildman–Crippen MR) is 91.6 cm³/mol. The highest BCUT2D eigenvalue weighted by Crippen LogP contribution is 2.23. The molecular weight excluding hydrogens is 306 g/mol. The van der Waals surface area contributed by atoms with E-state index in [4.69, 9.17) is 4.74 Å². The fourth-order valence-electron chi connectivity index (χ4n) is 3.22. The highest BCUT2D eigenvalue weighted by Gasteiger charge is 2.22. The van der Waals surface area contributed by atoms with Crippen LogP contribution in [0.15, 0.2) is 29.1 Å². The summed E-state index contributed by atoms with van der Waals surface area (Å²) in [7, 11) is 0. The van der Waals surface area contributed by atoms with Crippen molar-refractivity contribution in [1.29, 1.82) is 0 Å². The van der Waals surface area contributed by atoms with Gasteiger partial charge in [-0.05, 0) is 30.9 Å². The van der Waals surface area contributed by atoms with E-state index in [-0.39, 0.29) is 30.7 Å². The third-order valence-corrected chi connectivity index (χ3v) is 4.59. The van der Waals surface area contributed by atoms with Gasteiger partial charge in [0.15, 0.2) is 0 Å². The van der Waals surface area contributed by atoms with E-state index in [9.17, 15) is 9.59 Å². The number of carbonyl (C=O) groups is 1. The maximum absolute atomic E-state index is 12.0. The third kappa shape index (κ3) is 4.00. The van der Waals surface area contributed by atoms with Crippen molar-refractivity contribution in [3.05, 3.63) is 40.4 Å². The number of amides is 1. The Morgan fingerprint density at radius 3 is 2.96 bits per heavy atom. The highest BCUT2D eigenvalue weighted by molar-refractivity contribution is 5.78. The second kappa shape index (κ2) is 7.57. The SMILES string of the molecule is C[C@H]1CCCC[C@@H]1NC(=O)COCc1nc2ccccc2c(=O)[nH]1. The number of ether oxygens (including phenoxy) is 1. The minimum Gasteiger partial charge on any atom is -0.364 e. The Morgan fingerprint density at radius 2 is 2.12 bits per heavy atom. The molecule has 3 rings (SSSR count). The molecule has 6 nitrogen and oxygen atoms in total. The molecule has 1 heterocycles. The van der Waals surface area contributed by atoms with Crippen LogP contribution in [0, 0.1) is 5.92 Å². The van der Waals surface area contributed by atoms with Gasteiger partial charge in [-0.15, -0.1) is 0 Å². The van der Waals surface area contributed by atoms with E-state index in [1.54, 1.807) is 18.2 Å². The van der Waals surface area contributed by atoms with Gasteiger partial charge in [0.05, 0.1) is 10.9 Å². The summed E-state index contributed by atoms with van der Waals surface area (Å²) in [6, 6.07) is 7.38. The number of hydrogen-bond acceptors (Lipinski definition) is 4. The summed E-state index contributed by atoms with van der Waals surface area (Å²) in [4.78, 5) is 31.0. The maximum Gasteiger partial charge on any atom is 0.258 e. The lowest BCUT2D eigenvalue weighted by molar-refractivity contribution is -0.127. The zero-order valence-electron chi connectivity index (χ0n) is 13.9. The van der Waals surface area contributed by atoms with Crippen molar-refractivity contribution in [3.63, 3.8) is 0 Å². The summed E-state index contributed by atoms with van der Waals surface area (Å²) >= 11 is 0. The minimum absolute atomic E-state index is 0.0280. The van der Waals surface area contributed by atoms with Crippen molar-refractivity contribution in [2.24, 2.45) is 5.92 Å². The first-order chi connectivity index (χ1) is 11.6. The quantitative estimate of drug-likeness (QED) is 0.880. The number of carbonyl (C=O) groups excluding carboxylic acids is 1. The zero-order valence-corrected chi connectivity index (χ0v) is 13.9. The number of para-hydroxylation sites is 1. The standard InChI is InChI=1S/C18H23N3O3/c1-12-6-2-4-8-14(12)20-17(22)11-24-10-16-19-15-9-5-3-7-13(15)18(23)21-16/h3,5,7,9,12,14H,2,4,6,8,10-11H2,1H3,(H,20,22)(H,19,21,23)/t12-,14-/m0/s1. The number of aromatic amines is 1. The van der Waals surface area contributed by atoms with E-state index in [1.807, 2.05) is 6.07 Å². The molecule has 0 radical (unpaired) electrons. The Balaban J connectivity index is 1.52. The number of H-pyrrole nitrogens is 1. The lowest BCUT2D eigenvalue weighted by Crippen LogP contribution is -2.42. The average molecular weight is 329 g/mol. The lowest BCUT2D eigenvalue weighted by atomic mass is 9.86. The summed E-state index contributed by atoms with van der Waals surface area (Å²) < 4.78 is 5.42. The topological polar surface area (TPSA) is 84.1 Å². The second-order valence-electron chi connectivity index (χ2n) is 6.46. The van der Waals surface area contributed by atoms with E-state index in [2.05, 4.69) is 22.2 Å². The monoisotopic (exact) mass is 329 g/mol. The largest absolute Gasteiger partial charge is 0.364 e. The normalized spacial score (nSPS) is 20.9. The van der Waals surface area contributed by atoms with Crippen molar-refractivity contribution >= 4 is 16.8 Å². The number of nitrogens with one attached hydrogen (secondary N) is 2. The molecule has 0 spiro atoms. The molecule has 2 aromatic rings. The maximum atomic E-state index is 12.0. The molecule has 0 saturated heterocycles. The van der Waals surface area contributed by atoms with Gasteiger partial charge >= 0.3 is 0 Å². The van der Waals surface area contributed by atoms with Gasteiger partial charge in [0.25, 0.3) is 5.56 Å². The van der Waals surface area contributed by atoms with Gasteiger partial charge < -0.3 is 15.0 Å². The Kier molecular flexibility index (Phi) is 5.25. The molecule has 2 atom stereocenters. The lowest BCUT2D eigenvalue weighted by Gasteiger charge is -2.29. The van der Waals surface area contributed by atoms with Gasteiger partial charge in [-0.25, -0.2) is 4.98 Å². The molecule has 1 fully saturated rings. The van der Waals surface area contributed by atoms with Gasteiger partial charge in [-0.2, -0.15) is 0 Å². The predicted octanol–water partition coefficient (Wildman–Crippen LogP) is 2.13. The Morgan fingerprint density at radius 1 is 1.33 bits per heavy atom. The summed E-state index contributed by atoms with van der Waals surface area (Å²) in [6.07, 6.45) is 4.60. The smallest absolute Gasteiger partial charge is 0.258 e. The van der Waals surface area contributed by atoms with Gasteiger partial charge in [-0.1, -0.05) is 31.9 Å². The summed E-state index contributed by atoms with van der Waals surface area (Å²) in [5.41, 5.74) is 0.431. The molecular formula is C18H23N3O3. The molecule has 1 aromatic carbocycles. The van der Waals surface area contributed by atoms with E-state index in [1.165, 1.54) is 12.8 Å². The summed E-state index contributed by atoms with van der Waals surface area (Å²) in [5, 5.41) is 3.59. The van der Waals surface area contributed by atoms with Crippen LogP contribution in [0.4, 0.5) is 0 Å². The molecule has 1 amide bonds. The first-order valence-corrected chi connectivity index (χ1v) is 8.48. The van der Waals surface area contributed by atoms with E-state index >= 15 is 0 Å². The molecule has 6 heteroatoms. The molecule has 1 aliphatic carbocycles. The molecule has 0 aliphatic heterocycles. The van der Waals surface area contributed by atoms with Crippen LogP contribution in [-0.4, -0.2) is 28.5 Å². The van der Waals surface area contributed by atoms with Crippen molar-refractivity contribution in [3.8, 4) is 0 Å². The average Bonchev–Trinajstić information content (AvgIpc) is 2.57. The van der Waals surface area contributed by atoms with Crippen LogP contribution in [0.1, 0.15) is 38.4 Å². The molecule has 128 valence electrons. The van der Waals surface area contributed by atoms with E-state index in [0.29, 0.717) is 22.6 Å². The van der Waals surface area contributed by atoms with Crippen molar-refractivity contribution in [2.45, 2.75) is 45.3 Å². The second-order valence-corrected chi connectivity index (χ2v) is 6.46.